The van der Waals surface area contributed by atoms with E-state index < -0.39 is 0 Å². The molecule has 0 aromatic rings. The van der Waals surface area contributed by atoms with E-state index >= 15 is 0 Å². The summed E-state index contributed by atoms with van der Waals surface area (Å²) in [5.41, 5.74) is 6.41. The molecule has 1 saturated heterocycles. The van der Waals surface area contributed by atoms with Gasteiger partial charge in [0.15, 0.2) is 0 Å². The third-order valence-electron chi connectivity index (χ3n) is 3.87. The van der Waals surface area contributed by atoms with Gasteiger partial charge in [0, 0.05) is 24.7 Å². The molecular weight excluding hydrogens is 188 g/mol. The monoisotopic (exact) mass is 212 g/mol. The molecule has 2 unspecified atom stereocenters. The molecule has 2 atom stereocenters. The van der Waals surface area contributed by atoms with Crippen molar-refractivity contribution in [2.45, 2.75) is 44.7 Å². The molecule has 0 radical (unpaired) electrons. The van der Waals surface area contributed by atoms with Gasteiger partial charge in [0.2, 0.25) is 0 Å². The molecule has 0 aromatic heterocycles. The summed E-state index contributed by atoms with van der Waals surface area (Å²) in [6.07, 6.45) is 3.82. The van der Waals surface area contributed by atoms with Crippen LogP contribution in [0.2, 0.25) is 0 Å². The molecule has 2 aliphatic rings. The highest BCUT2D eigenvalue weighted by Gasteiger charge is 2.40. The molecule has 3 heteroatoms. The first-order valence-electron chi connectivity index (χ1n) is 6.24. The zero-order valence-electron chi connectivity index (χ0n) is 10.0. The molecule has 0 bridgehead atoms. The predicted octanol–water partition coefficient (Wildman–Crippen LogP) is 1.22. The molecule has 2 rings (SSSR count). The van der Waals surface area contributed by atoms with Crippen LogP contribution in [-0.4, -0.2) is 42.8 Å². The van der Waals surface area contributed by atoms with Crippen LogP contribution in [0.15, 0.2) is 0 Å². The van der Waals surface area contributed by atoms with Gasteiger partial charge in [0.1, 0.15) is 0 Å². The van der Waals surface area contributed by atoms with Gasteiger partial charge in [-0.2, -0.15) is 0 Å². The molecule has 0 spiro atoms. The summed E-state index contributed by atoms with van der Waals surface area (Å²) in [6, 6.07) is 0.584. The minimum Gasteiger partial charge on any atom is -0.378 e. The first-order valence-corrected chi connectivity index (χ1v) is 6.24. The van der Waals surface area contributed by atoms with Crippen molar-refractivity contribution in [2.24, 2.45) is 11.7 Å². The highest BCUT2D eigenvalue weighted by atomic mass is 16.5. The molecule has 15 heavy (non-hydrogen) atoms. The first kappa shape index (κ1) is 11.4. The van der Waals surface area contributed by atoms with Gasteiger partial charge >= 0.3 is 0 Å². The minimum absolute atomic E-state index is 0.0186. The van der Waals surface area contributed by atoms with Crippen molar-refractivity contribution in [3.63, 3.8) is 0 Å². The Balaban J connectivity index is 1.90. The average Bonchev–Trinajstić information content (AvgIpc) is 3.01. The number of ether oxygens (including phenoxy) is 1. The van der Waals surface area contributed by atoms with Gasteiger partial charge in [-0.05, 0) is 32.1 Å². The second kappa shape index (κ2) is 4.40. The van der Waals surface area contributed by atoms with Crippen molar-refractivity contribution >= 4 is 0 Å². The van der Waals surface area contributed by atoms with Gasteiger partial charge in [-0.1, -0.05) is 6.92 Å². The van der Waals surface area contributed by atoms with E-state index in [0.29, 0.717) is 6.04 Å². The van der Waals surface area contributed by atoms with Crippen LogP contribution in [0.1, 0.15) is 33.1 Å². The zero-order chi connectivity index (χ0) is 10.9. The van der Waals surface area contributed by atoms with Crippen LogP contribution in [0.5, 0.6) is 0 Å². The van der Waals surface area contributed by atoms with E-state index in [4.69, 9.17) is 10.5 Å². The Bertz CT molecular complexity index is 214. The van der Waals surface area contributed by atoms with Crippen LogP contribution >= 0.6 is 0 Å². The van der Waals surface area contributed by atoms with E-state index in [-0.39, 0.29) is 5.54 Å². The van der Waals surface area contributed by atoms with E-state index in [2.05, 4.69) is 18.7 Å². The molecule has 1 aliphatic heterocycles. The minimum atomic E-state index is 0.0186. The maximum atomic E-state index is 6.39. The van der Waals surface area contributed by atoms with Crippen molar-refractivity contribution in [1.82, 2.24) is 4.90 Å². The third kappa shape index (κ3) is 2.71. The lowest BCUT2D eigenvalue weighted by Crippen LogP contribution is -2.55. The summed E-state index contributed by atoms with van der Waals surface area (Å²) < 4.78 is 5.51. The van der Waals surface area contributed by atoms with Gasteiger partial charge in [0.05, 0.1) is 13.2 Å². The Labute approximate surface area is 93.0 Å². The Hall–Kier alpha value is -0.120. The fraction of sp³-hybridized carbons (Fsp3) is 1.00. The van der Waals surface area contributed by atoms with Crippen LogP contribution < -0.4 is 5.73 Å². The summed E-state index contributed by atoms with van der Waals surface area (Å²) in [4.78, 5) is 2.53. The van der Waals surface area contributed by atoms with Crippen LogP contribution in [0, 0.1) is 5.92 Å². The van der Waals surface area contributed by atoms with Crippen LogP contribution in [0.3, 0.4) is 0 Å². The smallest absolute Gasteiger partial charge is 0.0622 e. The molecule has 88 valence electrons. The van der Waals surface area contributed by atoms with Crippen molar-refractivity contribution < 1.29 is 4.74 Å². The van der Waals surface area contributed by atoms with E-state index in [1.54, 1.807) is 0 Å². The van der Waals surface area contributed by atoms with Gasteiger partial charge in [-0.3, -0.25) is 4.90 Å². The molecule has 1 heterocycles. The van der Waals surface area contributed by atoms with Gasteiger partial charge < -0.3 is 10.5 Å². The van der Waals surface area contributed by atoms with Crippen LogP contribution in [-0.2, 0) is 4.74 Å². The second-order valence-corrected chi connectivity index (χ2v) is 5.39. The lowest BCUT2D eigenvalue weighted by atomic mass is 9.95. The Kier molecular flexibility index (Phi) is 3.33. The lowest BCUT2D eigenvalue weighted by Gasteiger charge is -2.40. The number of hydrogen-bond donors (Lipinski definition) is 1. The normalized spacial score (nSPS) is 32.6. The van der Waals surface area contributed by atoms with Gasteiger partial charge in [0.25, 0.3) is 0 Å². The molecule has 0 amide bonds. The maximum Gasteiger partial charge on any atom is 0.0622 e. The van der Waals surface area contributed by atoms with E-state index in [1.165, 1.54) is 19.3 Å². The van der Waals surface area contributed by atoms with E-state index in [9.17, 15) is 0 Å². The van der Waals surface area contributed by atoms with Gasteiger partial charge in [-0.25, -0.2) is 0 Å². The topological polar surface area (TPSA) is 38.5 Å². The number of rotatable bonds is 4. The molecule has 0 aromatic carbocycles. The third-order valence-corrected chi connectivity index (χ3v) is 3.87. The molecule has 2 fully saturated rings. The van der Waals surface area contributed by atoms with Crippen molar-refractivity contribution in [3.8, 4) is 0 Å². The molecule has 1 saturated carbocycles. The standard InChI is InChI=1S/C12H24N2O/c1-3-11-8-15-7-6-14(11)9-12(2,13)10-4-5-10/h10-11H,3-9,13H2,1-2H3. The lowest BCUT2D eigenvalue weighted by molar-refractivity contribution is -0.0185. The first-order chi connectivity index (χ1) is 7.13. The SMILES string of the molecule is CCC1COCCN1CC(C)(N)C1CC1. The Morgan fingerprint density at radius 3 is 2.80 bits per heavy atom. The van der Waals surface area contributed by atoms with E-state index in [1.807, 2.05) is 0 Å². The fourth-order valence-corrected chi connectivity index (χ4v) is 2.58. The Morgan fingerprint density at radius 1 is 1.47 bits per heavy atom. The van der Waals surface area contributed by atoms with Crippen LogP contribution in [0.25, 0.3) is 0 Å². The summed E-state index contributed by atoms with van der Waals surface area (Å²) in [6.45, 7) is 8.30. The molecular formula is C12H24N2O. The number of hydrogen-bond acceptors (Lipinski definition) is 3. The van der Waals surface area contributed by atoms with Crippen molar-refractivity contribution in [3.05, 3.63) is 0 Å². The fourth-order valence-electron chi connectivity index (χ4n) is 2.58. The predicted molar refractivity (Wildman–Crippen MR) is 61.8 cm³/mol. The van der Waals surface area contributed by atoms with Gasteiger partial charge in [-0.15, -0.1) is 0 Å². The molecule has 1 aliphatic carbocycles. The summed E-state index contributed by atoms with van der Waals surface area (Å²) in [5, 5.41) is 0. The average molecular weight is 212 g/mol. The zero-order valence-corrected chi connectivity index (χ0v) is 10.0. The van der Waals surface area contributed by atoms with Crippen LogP contribution in [0.4, 0.5) is 0 Å². The quantitative estimate of drug-likeness (QED) is 0.761. The molecule has 2 N–H and O–H groups in total. The maximum absolute atomic E-state index is 6.39. The number of nitrogens with zero attached hydrogens (tertiary/aromatic N) is 1. The highest BCUT2D eigenvalue weighted by molar-refractivity contribution is 4.98. The molecule has 3 nitrogen and oxygen atoms in total. The second-order valence-electron chi connectivity index (χ2n) is 5.39. The van der Waals surface area contributed by atoms with E-state index in [0.717, 1.165) is 32.2 Å². The number of morpholine rings is 1. The summed E-state index contributed by atoms with van der Waals surface area (Å²) in [7, 11) is 0. The highest BCUT2D eigenvalue weighted by Crippen LogP contribution is 2.38. The van der Waals surface area contributed by atoms with Crippen molar-refractivity contribution in [1.29, 1.82) is 0 Å². The largest absolute Gasteiger partial charge is 0.378 e. The summed E-state index contributed by atoms with van der Waals surface area (Å²) >= 11 is 0. The number of nitrogens with two attached hydrogens (primary N) is 1. The Morgan fingerprint density at radius 2 is 2.20 bits per heavy atom. The summed E-state index contributed by atoms with van der Waals surface area (Å²) in [5.74, 6) is 0.762. The van der Waals surface area contributed by atoms with Crippen molar-refractivity contribution in [2.75, 3.05) is 26.3 Å².